The second-order valence-corrected chi connectivity index (χ2v) is 8.39. The highest BCUT2D eigenvalue weighted by Gasteiger charge is 2.45. The van der Waals surface area contributed by atoms with Gasteiger partial charge in [0.2, 0.25) is 0 Å². The molecule has 4 N–H and O–H groups in total. The second-order valence-electron chi connectivity index (χ2n) is 8.39. The zero-order chi connectivity index (χ0) is 19.3. The van der Waals surface area contributed by atoms with Gasteiger partial charge >= 0.3 is 5.97 Å². The molecule has 3 aliphatic rings. The van der Waals surface area contributed by atoms with E-state index in [9.17, 15) is 20.1 Å². The Balaban J connectivity index is 0.000000177. The van der Waals surface area contributed by atoms with Crippen LogP contribution in [-0.2, 0) is 10.4 Å². The molecular formula is C22H33NO4. The van der Waals surface area contributed by atoms with Gasteiger partial charge in [0.25, 0.3) is 0 Å². The summed E-state index contributed by atoms with van der Waals surface area (Å²) in [6.07, 6.45) is 10.6. The fraction of sp³-hybridized carbons (Fsp3) is 0.682. The lowest BCUT2D eigenvalue weighted by atomic mass is 9.73. The van der Waals surface area contributed by atoms with E-state index in [2.05, 4.69) is 5.32 Å². The van der Waals surface area contributed by atoms with Crippen molar-refractivity contribution in [2.75, 3.05) is 0 Å². The number of carboxylic acid groups (broad SMARTS) is 1. The number of aliphatic hydroxyl groups excluding tert-OH is 1. The summed E-state index contributed by atoms with van der Waals surface area (Å²) in [4.78, 5) is 11.5. The summed E-state index contributed by atoms with van der Waals surface area (Å²) in [5, 5.41) is 32.9. The number of carbonyl (C=O) groups is 1. The first-order valence-electron chi connectivity index (χ1n) is 10.5. The highest BCUT2D eigenvalue weighted by Crippen LogP contribution is 2.39. The molecule has 0 amide bonds. The van der Waals surface area contributed by atoms with Crippen LogP contribution in [0.1, 0.15) is 69.8 Å². The van der Waals surface area contributed by atoms with Gasteiger partial charge < -0.3 is 20.6 Å². The van der Waals surface area contributed by atoms with E-state index in [1.165, 1.54) is 19.3 Å². The third-order valence-corrected chi connectivity index (χ3v) is 6.43. The number of benzene rings is 1. The molecule has 3 atom stereocenters. The maximum atomic E-state index is 11.5. The molecule has 2 bridgehead atoms. The number of hydrogen-bond donors (Lipinski definition) is 4. The molecule has 1 saturated carbocycles. The van der Waals surface area contributed by atoms with Crippen molar-refractivity contribution in [1.29, 1.82) is 0 Å². The fourth-order valence-electron chi connectivity index (χ4n) is 4.98. The zero-order valence-electron chi connectivity index (χ0n) is 16.0. The molecule has 3 unspecified atom stereocenters. The number of fused-ring (bicyclic) bond motifs is 2. The van der Waals surface area contributed by atoms with Gasteiger partial charge in [0.05, 0.1) is 6.10 Å². The van der Waals surface area contributed by atoms with Gasteiger partial charge in [-0.15, -0.1) is 0 Å². The van der Waals surface area contributed by atoms with E-state index in [0.29, 0.717) is 17.6 Å². The van der Waals surface area contributed by atoms with Gasteiger partial charge in [0.15, 0.2) is 5.60 Å². The van der Waals surface area contributed by atoms with Crippen molar-refractivity contribution in [2.24, 2.45) is 5.92 Å². The Bertz CT molecular complexity index is 586. The van der Waals surface area contributed by atoms with Gasteiger partial charge in [0.1, 0.15) is 0 Å². The van der Waals surface area contributed by atoms with Crippen LogP contribution in [0.2, 0.25) is 0 Å². The molecule has 5 heteroatoms. The molecule has 5 nitrogen and oxygen atoms in total. The molecule has 1 aromatic carbocycles. The second kappa shape index (κ2) is 9.18. The van der Waals surface area contributed by atoms with Crippen molar-refractivity contribution in [3.8, 4) is 0 Å². The number of aliphatic carboxylic acids is 1. The Labute approximate surface area is 161 Å². The van der Waals surface area contributed by atoms with Crippen molar-refractivity contribution in [3.05, 3.63) is 35.9 Å². The van der Waals surface area contributed by atoms with Gasteiger partial charge in [-0.1, -0.05) is 56.0 Å². The average Bonchev–Trinajstić information content (AvgIpc) is 2.68. The van der Waals surface area contributed by atoms with Crippen molar-refractivity contribution < 1.29 is 20.1 Å². The van der Waals surface area contributed by atoms with Crippen LogP contribution < -0.4 is 5.32 Å². The van der Waals surface area contributed by atoms with Crippen molar-refractivity contribution >= 4 is 5.97 Å². The summed E-state index contributed by atoms with van der Waals surface area (Å²) >= 11 is 0. The Hall–Kier alpha value is -1.43. The summed E-state index contributed by atoms with van der Waals surface area (Å²) in [6.45, 7) is 0. The molecule has 0 spiro atoms. The molecular weight excluding hydrogens is 342 g/mol. The maximum Gasteiger partial charge on any atom is 0.340 e. The summed E-state index contributed by atoms with van der Waals surface area (Å²) < 4.78 is 0. The number of hydrogen-bond acceptors (Lipinski definition) is 4. The smallest absolute Gasteiger partial charge is 0.340 e. The SMILES string of the molecule is O=C(O)C(O)(c1ccccc1)C1CCCCC1.OC1CC2CCCC(C1)N2. The number of nitrogens with one attached hydrogen (secondary N) is 1. The Morgan fingerprint density at radius 1 is 0.926 bits per heavy atom. The molecule has 0 radical (unpaired) electrons. The van der Waals surface area contributed by atoms with Crippen LogP contribution in [0.15, 0.2) is 30.3 Å². The largest absolute Gasteiger partial charge is 0.479 e. The first kappa shape index (κ1) is 20.3. The van der Waals surface area contributed by atoms with E-state index < -0.39 is 11.6 Å². The first-order valence-corrected chi connectivity index (χ1v) is 10.5. The summed E-state index contributed by atoms with van der Waals surface area (Å²) in [5.41, 5.74) is -1.22. The highest BCUT2D eigenvalue weighted by molar-refractivity contribution is 5.79. The molecule has 4 rings (SSSR count). The van der Waals surface area contributed by atoms with Crippen LogP contribution in [0.3, 0.4) is 0 Å². The van der Waals surface area contributed by atoms with Crippen LogP contribution in [0.5, 0.6) is 0 Å². The quantitative estimate of drug-likeness (QED) is 0.651. The summed E-state index contributed by atoms with van der Waals surface area (Å²) in [5.74, 6) is -1.30. The standard InChI is InChI=1S/C14H18O3.C8H15NO/c15-13(16)14(17,11-7-3-1-4-8-11)12-9-5-2-6-10-12;10-8-4-6-2-1-3-7(5-8)9-6/h1,3-4,7-8,12,17H,2,5-6,9-10H2,(H,15,16);6-10H,1-5H2. The average molecular weight is 376 g/mol. The molecule has 1 aromatic rings. The lowest BCUT2D eigenvalue weighted by Crippen LogP contribution is -2.50. The predicted molar refractivity (Wildman–Crippen MR) is 104 cm³/mol. The van der Waals surface area contributed by atoms with Crippen LogP contribution >= 0.6 is 0 Å². The van der Waals surface area contributed by atoms with Crippen molar-refractivity contribution in [2.45, 2.75) is 88.0 Å². The van der Waals surface area contributed by atoms with Gasteiger partial charge in [-0.3, -0.25) is 0 Å². The molecule has 0 aromatic heterocycles. The van der Waals surface area contributed by atoms with E-state index in [0.717, 1.165) is 44.9 Å². The third-order valence-electron chi connectivity index (χ3n) is 6.43. The number of carboxylic acids is 1. The monoisotopic (exact) mass is 375 g/mol. The molecule has 3 fully saturated rings. The van der Waals surface area contributed by atoms with Crippen molar-refractivity contribution in [3.63, 3.8) is 0 Å². The van der Waals surface area contributed by atoms with E-state index in [4.69, 9.17) is 0 Å². The fourth-order valence-corrected chi connectivity index (χ4v) is 4.98. The van der Waals surface area contributed by atoms with E-state index >= 15 is 0 Å². The van der Waals surface area contributed by atoms with Crippen LogP contribution in [-0.4, -0.2) is 39.5 Å². The molecule has 27 heavy (non-hydrogen) atoms. The molecule has 150 valence electrons. The number of rotatable bonds is 3. The van der Waals surface area contributed by atoms with Gasteiger partial charge in [-0.2, -0.15) is 0 Å². The molecule has 2 heterocycles. The molecule has 1 aliphatic carbocycles. The number of piperidine rings is 2. The van der Waals surface area contributed by atoms with Crippen LogP contribution in [0, 0.1) is 5.92 Å². The highest BCUT2D eigenvalue weighted by atomic mass is 16.4. The third kappa shape index (κ3) is 4.89. The van der Waals surface area contributed by atoms with E-state index in [-0.39, 0.29) is 12.0 Å². The first-order chi connectivity index (χ1) is 13.0. The Morgan fingerprint density at radius 2 is 1.52 bits per heavy atom. The topological polar surface area (TPSA) is 89.8 Å². The lowest BCUT2D eigenvalue weighted by Gasteiger charge is -2.38. The van der Waals surface area contributed by atoms with Crippen molar-refractivity contribution in [1.82, 2.24) is 5.32 Å². The summed E-state index contributed by atoms with van der Waals surface area (Å²) in [6, 6.07) is 10.0. The van der Waals surface area contributed by atoms with E-state index in [1.807, 2.05) is 6.07 Å². The van der Waals surface area contributed by atoms with Gasteiger partial charge in [-0.05, 0) is 44.1 Å². The normalized spacial score (nSPS) is 30.5. The molecule has 2 saturated heterocycles. The number of aliphatic hydroxyl groups is 2. The van der Waals surface area contributed by atoms with Crippen LogP contribution in [0.25, 0.3) is 0 Å². The minimum Gasteiger partial charge on any atom is -0.479 e. The molecule has 2 aliphatic heterocycles. The lowest BCUT2D eigenvalue weighted by molar-refractivity contribution is -0.168. The maximum absolute atomic E-state index is 11.5. The predicted octanol–water partition coefficient (Wildman–Crippen LogP) is 3.19. The zero-order valence-corrected chi connectivity index (χ0v) is 16.0. The Kier molecular flexibility index (Phi) is 6.90. The minimum absolute atomic E-state index is 0.0171. The van der Waals surface area contributed by atoms with Gasteiger partial charge in [-0.25, -0.2) is 4.79 Å². The minimum atomic E-state index is -1.72. The Morgan fingerprint density at radius 3 is 2.07 bits per heavy atom. The van der Waals surface area contributed by atoms with Gasteiger partial charge in [0, 0.05) is 18.0 Å². The van der Waals surface area contributed by atoms with Crippen LogP contribution in [0.4, 0.5) is 0 Å². The summed E-state index contributed by atoms with van der Waals surface area (Å²) in [7, 11) is 0. The van der Waals surface area contributed by atoms with E-state index in [1.54, 1.807) is 24.3 Å².